The van der Waals surface area contributed by atoms with Crippen molar-refractivity contribution in [3.63, 3.8) is 0 Å². The Morgan fingerprint density at radius 3 is 2.63 bits per heavy atom. The number of carbonyl (C=O) groups is 2. The fraction of sp³-hybridized carbons (Fsp3) is 0.500. The first-order valence-electron chi connectivity index (χ1n) is 6.51. The van der Waals surface area contributed by atoms with Gasteiger partial charge in [-0.3, -0.25) is 9.59 Å². The van der Waals surface area contributed by atoms with Crippen molar-refractivity contribution in [2.45, 2.75) is 26.2 Å². The van der Waals surface area contributed by atoms with Crippen molar-refractivity contribution in [1.82, 2.24) is 9.88 Å². The van der Waals surface area contributed by atoms with Gasteiger partial charge in [0.1, 0.15) is 5.69 Å². The van der Waals surface area contributed by atoms with Gasteiger partial charge in [0.2, 0.25) is 0 Å². The average Bonchev–Trinajstić information content (AvgIpc) is 2.38. The lowest BCUT2D eigenvalue weighted by atomic mass is 9.93. The highest BCUT2D eigenvalue weighted by Gasteiger charge is 2.25. The standard InChI is InChI=1S/C14H18N2O3/c1-10-3-2-4-12(15-10)14(19)16-7-5-11(6-8-16)9-13(17)18/h2-4,11H,5-9H2,1H3,(H,17,18). The quantitative estimate of drug-likeness (QED) is 0.900. The van der Waals surface area contributed by atoms with Crippen LogP contribution in [0.3, 0.4) is 0 Å². The van der Waals surface area contributed by atoms with Crippen LogP contribution < -0.4 is 0 Å². The maximum absolute atomic E-state index is 12.2. The Kier molecular flexibility index (Phi) is 4.14. The minimum atomic E-state index is -0.759. The number of carboxylic acids is 1. The summed E-state index contributed by atoms with van der Waals surface area (Å²) in [5.74, 6) is -0.630. The molecule has 1 aromatic heterocycles. The lowest BCUT2D eigenvalue weighted by Crippen LogP contribution is -2.39. The summed E-state index contributed by atoms with van der Waals surface area (Å²) in [5, 5.41) is 8.76. The van der Waals surface area contributed by atoms with Crippen LogP contribution in [0.4, 0.5) is 0 Å². The van der Waals surface area contributed by atoms with E-state index in [4.69, 9.17) is 5.11 Å². The van der Waals surface area contributed by atoms with E-state index in [-0.39, 0.29) is 18.2 Å². The molecule has 2 rings (SSSR count). The van der Waals surface area contributed by atoms with Crippen LogP contribution in [-0.4, -0.2) is 40.0 Å². The molecular weight excluding hydrogens is 244 g/mol. The highest BCUT2D eigenvalue weighted by atomic mass is 16.4. The van der Waals surface area contributed by atoms with Crippen molar-refractivity contribution in [2.24, 2.45) is 5.92 Å². The van der Waals surface area contributed by atoms with Gasteiger partial charge in [0.15, 0.2) is 0 Å². The molecule has 1 amide bonds. The number of piperidine rings is 1. The Balaban J connectivity index is 1.94. The molecule has 0 aromatic carbocycles. The average molecular weight is 262 g/mol. The first kappa shape index (κ1) is 13.5. The number of aromatic nitrogens is 1. The molecule has 1 aliphatic rings. The predicted octanol–water partition coefficient (Wildman–Crippen LogP) is 1.72. The molecule has 2 heterocycles. The molecular formula is C14H18N2O3. The van der Waals surface area contributed by atoms with Crippen LogP contribution in [0.15, 0.2) is 18.2 Å². The number of hydrogen-bond donors (Lipinski definition) is 1. The number of aryl methyl sites for hydroxylation is 1. The number of likely N-dealkylation sites (tertiary alicyclic amines) is 1. The molecule has 1 N–H and O–H groups in total. The van der Waals surface area contributed by atoms with Crippen molar-refractivity contribution >= 4 is 11.9 Å². The molecule has 0 atom stereocenters. The molecule has 19 heavy (non-hydrogen) atoms. The van der Waals surface area contributed by atoms with Gasteiger partial charge in [-0.15, -0.1) is 0 Å². The van der Waals surface area contributed by atoms with Crippen molar-refractivity contribution in [3.8, 4) is 0 Å². The molecule has 0 radical (unpaired) electrons. The molecule has 1 aliphatic heterocycles. The molecule has 5 nitrogen and oxygen atoms in total. The smallest absolute Gasteiger partial charge is 0.303 e. The second kappa shape index (κ2) is 5.82. The maximum Gasteiger partial charge on any atom is 0.303 e. The summed E-state index contributed by atoms with van der Waals surface area (Å²) in [6.07, 6.45) is 1.71. The number of nitrogens with zero attached hydrogens (tertiary/aromatic N) is 2. The second-order valence-corrected chi connectivity index (χ2v) is 5.00. The summed E-state index contributed by atoms with van der Waals surface area (Å²) >= 11 is 0. The molecule has 0 saturated carbocycles. The number of carboxylic acid groups (broad SMARTS) is 1. The molecule has 0 spiro atoms. The molecule has 0 aliphatic carbocycles. The number of amides is 1. The number of hydrogen-bond acceptors (Lipinski definition) is 3. The van der Waals surface area contributed by atoms with E-state index in [1.54, 1.807) is 11.0 Å². The van der Waals surface area contributed by atoms with Gasteiger partial charge in [0.05, 0.1) is 0 Å². The van der Waals surface area contributed by atoms with E-state index in [2.05, 4.69) is 4.98 Å². The fourth-order valence-electron chi connectivity index (χ4n) is 2.41. The van der Waals surface area contributed by atoms with E-state index < -0.39 is 5.97 Å². The monoisotopic (exact) mass is 262 g/mol. The van der Waals surface area contributed by atoms with Crippen LogP contribution in [0.2, 0.25) is 0 Å². The molecule has 1 aromatic rings. The maximum atomic E-state index is 12.2. The molecule has 102 valence electrons. The van der Waals surface area contributed by atoms with Crippen LogP contribution in [0.1, 0.15) is 35.4 Å². The topological polar surface area (TPSA) is 70.5 Å². The van der Waals surface area contributed by atoms with Gasteiger partial charge in [-0.2, -0.15) is 0 Å². The first-order valence-corrected chi connectivity index (χ1v) is 6.51. The van der Waals surface area contributed by atoms with Gasteiger partial charge in [-0.1, -0.05) is 6.07 Å². The highest BCUT2D eigenvalue weighted by molar-refractivity contribution is 5.92. The van der Waals surface area contributed by atoms with Gasteiger partial charge in [0, 0.05) is 25.2 Å². The summed E-state index contributed by atoms with van der Waals surface area (Å²) in [6.45, 7) is 3.09. The molecule has 1 fully saturated rings. The predicted molar refractivity (Wildman–Crippen MR) is 69.9 cm³/mol. The Hall–Kier alpha value is -1.91. The van der Waals surface area contributed by atoms with E-state index in [0.717, 1.165) is 18.5 Å². The summed E-state index contributed by atoms with van der Waals surface area (Å²) in [7, 11) is 0. The van der Waals surface area contributed by atoms with Crippen LogP contribution in [-0.2, 0) is 4.79 Å². The number of aliphatic carboxylic acids is 1. The largest absolute Gasteiger partial charge is 0.481 e. The van der Waals surface area contributed by atoms with Crippen LogP contribution in [0.25, 0.3) is 0 Å². The Morgan fingerprint density at radius 2 is 2.05 bits per heavy atom. The third kappa shape index (κ3) is 3.53. The lowest BCUT2D eigenvalue weighted by molar-refractivity contribution is -0.138. The minimum Gasteiger partial charge on any atom is -0.481 e. The third-order valence-corrected chi connectivity index (χ3v) is 3.47. The van der Waals surface area contributed by atoms with E-state index in [1.165, 1.54) is 0 Å². The number of pyridine rings is 1. The molecule has 1 saturated heterocycles. The van der Waals surface area contributed by atoms with Crippen molar-refractivity contribution in [3.05, 3.63) is 29.6 Å². The van der Waals surface area contributed by atoms with Crippen LogP contribution in [0, 0.1) is 12.8 Å². The zero-order chi connectivity index (χ0) is 13.8. The van der Waals surface area contributed by atoms with Gasteiger partial charge in [-0.25, -0.2) is 4.98 Å². The summed E-state index contributed by atoms with van der Waals surface area (Å²) < 4.78 is 0. The van der Waals surface area contributed by atoms with Crippen molar-refractivity contribution < 1.29 is 14.7 Å². The second-order valence-electron chi connectivity index (χ2n) is 5.00. The first-order chi connectivity index (χ1) is 9.06. The van der Waals surface area contributed by atoms with Crippen molar-refractivity contribution in [1.29, 1.82) is 0 Å². The van der Waals surface area contributed by atoms with E-state index in [0.29, 0.717) is 18.8 Å². The van der Waals surface area contributed by atoms with E-state index in [9.17, 15) is 9.59 Å². The third-order valence-electron chi connectivity index (χ3n) is 3.47. The zero-order valence-corrected chi connectivity index (χ0v) is 11.0. The van der Waals surface area contributed by atoms with Gasteiger partial charge in [-0.05, 0) is 37.8 Å². The molecule has 5 heteroatoms. The summed E-state index contributed by atoms with van der Waals surface area (Å²) in [5.41, 5.74) is 1.29. The van der Waals surface area contributed by atoms with E-state index >= 15 is 0 Å². The van der Waals surface area contributed by atoms with Gasteiger partial charge >= 0.3 is 5.97 Å². The van der Waals surface area contributed by atoms with Crippen LogP contribution >= 0.6 is 0 Å². The molecule has 0 bridgehead atoms. The summed E-state index contributed by atoms with van der Waals surface area (Å²) in [4.78, 5) is 28.9. The molecule has 0 unspecified atom stereocenters. The fourth-order valence-corrected chi connectivity index (χ4v) is 2.41. The zero-order valence-electron chi connectivity index (χ0n) is 11.0. The van der Waals surface area contributed by atoms with Gasteiger partial charge < -0.3 is 10.0 Å². The Labute approximate surface area is 112 Å². The van der Waals surface area contributed by atoms with Crippen molar-refractivity contribution in [2.75, 3.05) is 13.1 Å². The van der Waals surface area contributed by atoms with E-state index in [1.807, 2.05) is 19.1 Å². The Morgan fingerprint density at radius 1 is 1.37 bits per heavy atom. The minimum absolute atomic E-state index is 0.0579. The SMILES string of the molecule is Cc1cccc(C(=O)N2CCC(CC(=O)O)CC2)n1. The van der Waals surface area contributed by atoms with Gasteiger partial charge in [0.25, 0.3) is 5.91 Å². The summed E-state index contributed by atoms with van der Waals surface area (Å²) in [6, 6.07) is 5.40. The number of rotatable bonds is 3. The normalized spacial score (nSPS) is 16.4. The number of carbonyl (C=O) groups excluding carboxylic acids is 1. The highest BCUT2D eigenvalue weighted by Crippen LogP contribution is 2.21. The Bertz CT molecular complexity index is 479. The van der Waals surface area contributed by atoms with Crippen LogP contribution in [0.5, 0.6) is 0 Å². The lowest BCUT2D eigenvalue weighted by Gasteiger charge is -2.31.